The fraction of sp³-hybridized carbons (Fsp3) is 0.206. The van der Waals surface area contributed by atoms with Gasteiger partial charge in [0.1, 0.15) is 35.1 Å². The van der Waals surface area contributed by atoms with Gasteiger partial charge in [-0.25, -0.2) is 0 Å². The Bertz CT molecular complexity index is 1260. The van der Waals surface area contributed by atoms with Crippen molar-refractivity contribution in [2.75, 3.05) is 6.16 Å². The van der Waals surface area contributed by atoms with Crippen LogP contribution in [0.2, 0.25) is 18.1 Å². The van der Waals surface area contributed by atoms with Crippen LogP contribution in [-0.2, 0) is 4.79 Å². The third kappa shape index (κ3) is 6.23. The molecule has 4 heteroatoms. The zero-order valence-corrected chi connectivity index (χ0v) is 25.0. The van der Waals surface area contributed by atoms with E-state index in [1.54, 1.807) is 6.08 Å². The molecule has 0 unspecified atom stereocenters. The lowest BCUT2D eigenvalue weighted by Crippen LogP contribution is -2.43. The van der Waals surface area contributed by atoms with E-state index in [-0.39, 0.29) is 10.8 Å². The third-order valence-electron chi connectivity index (χ3n) is 7.50. The molecule has 0 amide bonds. The first-order chi connectivity index (χ1) is 18.1. The molecule has 0 saturated heterocycles. The predicted molar refractivity (Wildman–Crippen MR) is 168 cm³/mol. The molecule has 0 radical (unpaired) electrons. The summed E-state index contributed by atoms with van der Waals surface area (Å²) < 4.78 is 6.41. The quantitative estimate of drug-likeness (QED) is 0.125. The van der Waals surface area contributed by atoms with Crippen molar-refractivity contribution in [3.05, 3.63) is 127 Å². The Hall–Kier alpha value is -3.26. The van der Waals surface area contributed by atoms with Gasteiger partial charge in [0.05, 0.1) is 0 Å². The van der Waals surface area contributed by atoms with Crippen molar-refractivity contribution < 1.29 is 9.22 Å². The van der Waals surface area contributed by atoms with Crippen LogP contribution < -0.4 is 20.3 Å². The minimum absolute atomic E-state index is 0.122. The molecule has 0 heterocycles. The highest BCUT2D eigenvalue weighted by molar-refractivity contribution is 7.96. The molecule has 0 spiro atoms. The van der Waals surface area contributed by atoms with Crippen molar-refractivity contribution in [3.63, 3.8) is 0 Å². The Morgan fingerprint density at radius 3 is 1.53 bits per heavy atom. The van der Waals surface area contributed by atoms with Crippen LogP contribution in [0, 0.1) is 0 Å². The number of hydrogen-bond donors (Lipinski definition) is 0. The van der Waals surface area contributed by atoms with E-state index in [9.17, 15) is 4.79 Å². The van der Waals surface area contributed by atoms with Crippen LogP contribution in [0.4, 0.5) is 0 Å². The minimum atomic E-state index is -2.19. The molecule has 4 aromatic carbocycles. The van der Waals surface area contributed by atoms with Gasteiger partial charge in [-0.1, -0.05) is 93.6 Å². The van der Waals surface area contributed by atoms with Gasteiger partial charge in [-0.3, -0.25) is 4.79 Å². The molecule has 0 bridgehead atoms. The molecule has 0 fully saturated rings. The minimum Gasteiger partial charge on any atom is -0.544 e. The molecule has 2 nitrogen and oxygen atoms in total. The summed E-state index contributed by atoms with van der Waals surface area (Å²) in [5.41, 5.74) is 0.990. The van der Waals surface area contributed by atoms with E-state index in [0.29, 0.717) is 6.16 Å². The van der Waals surface area contributed by atoms with Gasteiger partial charge >= 0.3 is 0 Å². The molecular formula is C34H38O2PSi+. The monoisotopic (exact) mass is 537 g/mol. The molecule has 194 valence electrons. The summed E-state index contributed by atoms with van der Waals surface area (Å²) in [4.78, 5) is 13.6. The third-order valence-corrected chi connectivity index (χ3v) is 16.2. The van der Waals surface area contributed by atoms with E-state index < -0.39 is 15.6 Å². The molecule has 0 aromatic heterocycles. The first-order valence-corrected chi connectivity index (χ1v) is 18.0. The van der Waals surface area contributed by atoms with Gasteiger partial charge in [-0.05, 0) is 78.3 Å². The normalized spacial score (nSPS) is 12.4. The lowest BCUT2D eigenvalue weighted by molar-refractivity contribution is -0.112. The van der Waals surface area contributed by atoms with E-state index in [2.05, 4.69) is 107 Å². The van der Waals surface area contributed by atoms with Crippen LogP contribution in [0.5, 0.6) is 5.75 Å². The van der Waals surface area contributed by atoms with Gasteiger partial charge in [0.25, 0.3) is 0 Å². The Balaban J connectivity index is 1.63. The van der Waals surface area contributed by atoms with E-state index in [1.807, 2.05) is 48.5 Å². The number of benzene rings is 4. The second-order valence-corrected chi connectivity index (χ2v) is 19.4. The molecule has 0 atom stereocenters. The second kappa shape index (κ2) is 11.6. The highest BCUT2D eigenvalue weighted by atomic mass is 31.2. The molecular weight excluding hydrogens is 499 g/mol. The number of ketones is 1. The molecule has 0 N–H and O–H groups in total. The van der Waals surface area contributed by atoms with Crippen LogP contribution in [0.15, 0.2) is 121 Å². The van der Waals surface area contributed by atoms with Gasteiger partial charge in [-0.15, -0.1) is 0 Å². The highest BCUT2D eigenvalue weighted by Gasteiger charge is 2.46. The average Bonchev–Trinajstić information content (AvgIpc) is 2.92. The number of hydrogen-bond acceptors (Lipinski definition) is 2. The van der Waals surface area contributed by atoms with Crippen molar-refractivity contribution in [2.45, 2.75) is 38.9 Å². The van der Waals surface area contributed by atoms with Gasteiger partial charge < -0.3 is 4.43 Å². The zero-order valence-electron chi connectivity index (χ0n) is 23.1. The summed E-state index contributed by atoms with van der Waals surface area (Å²) in [5.74, 6) is 1.01. The van der Waals surface area contributed by atoms with Crippen LogP contribution in [-0.4, -0.2) is 20.3 Å². The standard InChI is InChI=1S/C34H38O2PSi/c1-34(2,3)38(4,5)36-30-25-22-28(23-26-30)21-24-29(35)27-37(31-15-9-6-10-16-31,32-17-11-7-12-18-32)33-19-13-8-14-20-33/h6-26H,27H2,1-5H3/q+1/b24-21+. The number of carbonyl (C=O) groups excluding carboxylic acids is 1. The SMILES string of the molecule is CC(C)(C)[Si](C)(C)Oc1ccc(/C=C/C(=O)C[P+](c2ccccc2)(c2ccccc2)c2ccccc2)cc1. The first kappa shape index (κ1) is 27.8. The van der Waals surface area contributed by atoms with Crippen molar-refractivity contribution in [3.8, 4) is 5.75 Å². The van der Waals surface area contributed by atoms with Gasteiger partial charge in [0, 0.05) is 0 Å². The summed E-state index contributed by atoms with van der Waals surface area (Å²) in [6.07, 6.45) is 4.11. The Morgan fingerprint density at radius 1 is 0.711 bits per heavy atom. The van der Waals surface area contributed by atoms with Crippen LogP contribution in [0.3, 0.4) is 0 Å². The highest BCUT2D eigenvalue weighted by Crippen LogP contribution is 2.55. The Labute approximate surface area is 229 Å². The molecule has 4 rings (SSSR count). The van der Waals surface area contributed by atoms with E-state index >= 15 is 0 Å². The summed E-state index contributed by atoms with van der Waals surface area (Å²) in [7, 11) is -4.09. The summed E-state index contributed by atoms with van der Waals surface area (Å²) in [6.45, 7) is 11.2. The largest absolute Gasteiger partial charge is 0.544 e. The lowest BCUT2D eigenvalue weighted by atomic mass is 10.2. The molecule has 0 saturated carbocycles. The Kier molecular flexibility index (Phi) is 8.50. The van der Waals surface area contributed by atoms with Gasteiger partial charge in [0.2, 0.25) is 8.32 Å². The van der Waals surface area contributed by atoms with Crippen LogP contribution in [0.1, 0.15) is 26.3 Å². The lowest BCUT2D eigenvalue weighted by Gasteiger charge is -2.36. The summed E-state index contributed by atoms with van der Waals surface area (Å²) in [5, 5.41) is 3.79. The number of rotatable bonds is 9. The second-order valence-electron chi connectivity index (χ2n) is 11.2. The van der Waals surface area contributed by atoms with Gasteiger partial charge in [-0.2, -0.15) is 0 Å². The van der Waals surface area contributed by atoms with E-state index in [0.717, 1.165) is 11.3 Å². The predicted octanol–water partition coefficient (Wildman–Crippen LogP) is 7.65. The summed E-state index contributed by atoms with van der Waals surface area (Å²) in [6, 6.07) is 39.7. The van der Waals surface area contributed by atoms with Crippen molar-refractivity contribution in [1.82, 2.24) is 0 Å². The van der Waals surface area contributed by atoms with E-state index in [4.69, 9.17) is 4.43 Å². The molecule has 0 aliphatic heterocycles. The molecule has 0 aliphatic rings. The van der Waals surface area contributed by atoms with Crippen LogP contribution in [0.25, 0.3) is 6.08 Å². The number of carbonyl (C=O) groups is 1. The fourth-order valence-corrected chi connectivity index (χ4v) is 9.43. The van der Waals surface area contributed by atoms with E-state index in [1.165, 1.54) is 15.9 Å². The van der Waals surface area contributed by atoms with Crippen molar-refractivity contribution >= 4 is 43.4 Å². The molecule has 4 aromatic rings. The maximum Gasteiger partial charge on any atom is 0.250 e. The molecule has 0 aliphatic carbocycles. The smallest absolute Gasteiger partial charge is 0.250 e. The van der Waals surface area contributed by atoms with Crippen LogP contribution >= 0.6 is 7.26 Å². The van der Waals surface area contributed by atoms with Crippen molar-refractivity contribution in [1.29, 1.82) is 0 Å². The maximum atomic E-state index is 13.6. The van der Waals surface area contributed by atoms with Gasteiger partial charge in [0.15, 0.2) is 5.78 Å². The maximum absolute atomic E-state index is 13.6. The average molecular weight is 538 g/mol. The number of allylic oxidation sites excluding steroid dienone is 1. The fourth-order valence-electron chi connectivity index (χ4n) is 4.34. The zero-order chi connectivity index (χ0) is 27.2. The van der Waals surface area contributed by atoms with Crippen molar-refractivity contribution in [2.24, 2.45) is 0 Å². The first-order valence-electron chi connectivity index (χ1n) is 13.2. The molecule has 38 heavy (non-hydrogen) atoms. The summed E-state index contributed by atoms with van der Waals surface area (Å²) >= 11 is 0. The Morgan fingerprint density at radius 2 is 1.13 bits per heavy atom. The topological polar surface area (TPSA) is 26.3 Å².